The summed E-state index contributed by atoms with van der Waals surface area (Å²) < 4.78 is 5.50. The Bertz CT molecular complexity index is 720. The van der Waals surface area contributed by atoms with Gasteiger partial charge in [0.2, 0.25) is 0 Å². The smallest absolute Gasteiger partial charge is 0.302 e. The number of aliphatic hydroxyl groups excluding tert-OH is 1. The van der Waals surface area contributed by atoms with Gasteiger partial charge in [-0.2, -0.15) is 0 Å². The molecule has 0 aromatic heterocycles. The summed E-state index contributed by atoms with van der Waals surface area (Å²) in [7, 11) is 0. The molecule has 0 heterocycles. The molecule has 4 rings (SSSR count). The largest absolute Gasteiger partial charge is 0.462 e. The summed E-state index contributed by atoms with van der Waals surface area (Å²) in [5, 5.41) is 23.3. The fourth-order valence-corrected chi connectivity index (χ4v) is 9.60. The highest BCUT2D eigenvalue weighted by Gasteiger charge is 2.67. The Balaban J connectivity index is 1.51. The number of esters is 1. The second-order valence-electron chi connectivity index (χ2n) is 13.5. The Labute approximate surface area is 202 Å². The van der Waals surface area contributed by atoms with Crippen LogP contribution >= 0.6 is 0 Å². The van der Waals surface area contributed by atoms with E-state index in [1.165, 1.54) is 45.4 Å². The van der Waals surface area contributed by atoms with Crippen molar-refractivity contribution in [3.63, 3.8) is 0 Å². The van der Waals surface area contributed by atoms with Crippen molar-refractivity contribution >= 4 is 5.97 Å². The van der Waals surface area contributed by atoms with Gasteiger partial charge in [-0.1, -0.05) is 53.9 Å². The number of hydrogen-bond donors (Lipinski definition) is 2. The number of carbonyl (C=O) groups is 1. The summed E-state index contributed by atoms with van der Waals surface area (Å²) in [5.41, 5.74) is -1.07. The first kappa shape index (κ1) is 25.5. The first-order valence-electron chi connectivity index (χ1n) is 14.0. The summed E-state index contributed by atoms with van der Waals surface area (Å²) >= 11 is 0. The molecule has 4 aliphatic rings. The van der Waals surface area contributed by atoms with E-state index >= 15 is 0 Å². The molecule has 0 aromatic carbocycles. The van der Waals surface area contributed by atoms with Gasteiger partial charge in [0.05, 0.1) is 11.7 Å². The lowest BCUT2D eigenvalue weighted by Crippen LogP contribution is -2.68. The molecule has 0 saturated heterocycles. The Morgan fingerprint density at radius 1 is 1.03 bits per heavy atom. The minimum Gasteiger partial charge on any atom is -0.462 e. The van der Waals surface area contributed by atoms with Crippen LogP contribution < -0.4 is 0 Å². The molecule has 4 nitrogen and oxygen atoms in total. The van der Waals surface area contributed by atoms with Crippen molar-refractivity contribution in [1.29, 1.82) is 0 Å². The van der Waals surface area contributed by atoms with Gasteiger partial charge in [-0.05, 0) is 85.9 Å². The van der Waals surface area contributed by atoms with Gasteiger partial charge >= 0.3 is 5.97 Å². The van der Waals surface area contributed by atoms with Crippen LogP contribution in [0.15, 0.2) is 0 Å². The second kappa shape index (κ2) is 9.12. The molecule has 4 fully saturated rings. The predicted molar refractivity (Wildman–Crippen MR) is 131 cm³/mol. The van der Waals surface area contributed by atoms with Crippen molar-refractivity contribution in [2.45, 2.75) is 130 Å². The zero-order valence-electron chi connectivity index (χ0n) is 22.1. The van der Waals surface area contributed by atoms with Crippen LogP contribution in [0.4, 0.5) is 0 Å². The van der Waals surface area contributed by atoms with E-state index in [0.717, 1.165) is 37.0 Å². The monoisotopic (exact) mass is 462 g/mol. The topological polar surface area (TPSA) is 66.8 Å². The molecule has 0 aromatic rings. The summed E-state index contributed by atoms with van der Waals surface area (Å²) in [6.45, 7) is 13.4. The van der Waals surface area contributed by atoms with Gasteiger partial charge in [-0.15, -0.1) is 0 Å². The van der Waals surface area contributed by atoms with Crippen LogP contribution in [-0.4, -0.2) is 34.0 Å². The van der Waals surface area contributed by atoms with Crippen LogP contribution in [-0.2, 0) is 9.53 Å². The standard InChI is InChI=1S/C29H50O4/c1-18(2)8-7-9-19(3)23-10-11-24-22-16-26(31)29(32)17-21(33-20(4)30)12-15-28(29,6)25(22)13-14-27(23,24)5/h18-19,21-26,31-32H,7-17H2,1-6H3/t19-,21-,22+,23-,24+,25+,26-,27-,28+,29-/m0/s1. The molecule has 4 saturated carbocycles. The average Bonchev–Trinajstić information content (AvgIpc) is 3.07. The first-order valence-corrected chi connectivity index (χ1v) is 14.0. The molecule has 0 radical (unpaired) electrons. The maximum Gasteiger partial charge on any atom is 0.302 e. The number of fused-ring (bicyclic) bond motifs is 5. The van der Waals surface area contributed by atoms with Crippen LogP contribution in [0.3, 0.4) is 0 Å². The van der Waals surface area contributed by atoms with Crippen molar-refractivity contribution in [2.24, 2.45) is 46.3 Å². The van der Waals surface area contributed by atoms with E-state index in [-0.39, 0.29) is 17.5 Å². The maximum absolute atomic E-state index is 11.9. The van der Waals surface area contributed by atoms with Crippen molar-refractivity contribution in [2.75, 3.05) is 0 Å². The fraction of sp³-hybridized carbons (Fsp3) is 0.966. The number of ether oxygens (including phenoxy) is 1. The van der Waals surface area contributed by atoms with Gasteiger partial charge in [0, 0.05) is 18.8 Å². The van der Waals surface area contributed by atoms with Crippen LogP contribution in [0.5, 0.6) is 0 Å². The van der Waals surface area contributed by atoms with E-state index in [0.29, 0.717) is 36.0 Å². The van der Waals surface area contributed by atoms with Crippen molar-refractivity contribution in [1.82, 2.24) is 0 Å². The molecule has 4 heteroatoms. The summed E-state index contributed by atoms with van der Waals surface area (Å²) in [6.07, 6.45) is 10.8. The summed E-state index contributed by atoms with van der Waals surface area (Å²) in [5.74, 6) is 3.69. The Morgan fingerprint density at radius 3 is 2.42 bits per heavy atom. The molecule has 190 valence electrons. The lowest BCUT2D eigenvalue weighted by atomic mass is 9.42. The third-order valence-corrected chi connectivity index (χ3v) is 11.3. The quantitative estimate of drug-likeness (QED) is 0.466. The van der Waals surface area contributed by atoms with Crippen LogP contribution in [0, 0.1) is 46.3 Å². The summed E-state index contributed by atoms with van der Waals surface area (Å²) in [6, 6.07) is 0. The normalized spacial score (nSPS) is 48.0. The highest BCUT2D eigenvalue weighted by Crippen LogP contribution is 2.69. The predicted octanol–water partition coefficient (Wildman–Crippen LogP) is 6.13. The molecule has 0 bridgehead atoms. The zero-order chi connectivity index (χ0) is 24.2. The molecule has 4 aliphatic carbocycles. The number of rotatable bonds is 6. The van der Waals surface area contributed by atoms with E-state index in [1.807, 2.05) is 0 Å². The highest BCUT2D eigenvalue weighted by atomic mass is 16.5. The minimum absolute atomic E-state index is 0.275. The molecule has 0 spiro atoms. The van der Waals surface area contributed by atoms with E-state index in [1.54, 1.807) is 0 Å². The van der Waals surface area contributed by atoms with E-state index in [9.17, 15) is 15.0 Å². The van der Waals surface area contributed by atoms with Crippen LogP contribution in [0.25, 0.3) is 0 Å². The SMILES string of the molecule is CC(=O)O[C@H]1CC[C@]2(C)[C@@H]3CC[C@]4(C)[C@H](CC[C@H]4[C@@H](C)CCCC(C)C)[C@H]3C[C@H](O)[C@@]2(O)C1. The molecule has 0 unspecified atom stereocenters. The second-order valence-corrected chi connectivity index (χ2v) is 13.5. The third-order valence-electron chi connectivity index (χ3n) is 11.3. The molecule has 2 N–H and O–H groups in total. The van der Waals surface area contributed by atoms with E-state index in [4.69, 9.17) is 4.74 Å². The zero-order valence-corrected chi connectivity index (χ0v) is 22.1. The van der Waals surface area contributed by atoms with Gasteiger partial charge in [0.15, 0.2) is 0 Å². The van der Waals surface area contributed by atoms with Crippen LogP contribution in [0.1, 0.15) is 112 Å². The molecule has 0 aliphatic heterocycles. The highest BCUT2D eigenvalue weighted by molar-refractivity contribution is 5.66. The van der Waals surface area contributed by atoms with Gasteiger partial charge in [0.25, 0.3) is 0 Å². The molecule has 10 atom stereocenters. The van der Waals surface area contributed by atoms with E-state index < -0.39 is 11.7 Å². The Morgan fingerprint density at radius 2 is 1.76 bits per heavy atom. The minimum atomic E-state index is -1.15. The molecular weight excluding hydrogens is 412 g/mol. The van der Waals surface area contributed by atoms with Gasteiger partial charge < -0.3 is 14.9 Å². The Hall–Kier alpha value is -0.610. The maximum atomic E-state index is 11.9. The number of aliphatic hydroxyl groups is 2. The Kier molecular flexibility index (Phi) is 7.04. The molecule has 0 amide bonds. The van der Waals surface area contributed by atoms with E-state index in [2.05, 4.69) is 34.6 Å². The molecule has 33 heavy (non-hydrogen) atoms. The van der Waals surface area contributed by atoms with Crippen molar-refractivity contribution in [3.8, 4) is 0 Å². The number of hydrogen-bond acceptors (Lipinski definition) is 4. The fourth-order valence-electron chi connectivity index (χ4n) is 9.60. The van der Waals surface area contributed by atoms with Crippen molar-refractivity contribution < 1.29 is 19.7 Å². The first-order chi connectivity index (χ1) is 15.4. The number of carbonyl (C=O) groups excluding carboxylic acids is 1. The van der Waals surface area contributed by atoms with Crippen LogP contribution in [0.2, 0.25) is 0 Å². The summed E-state index contributed by atoms with van der Waals surface area (Å²) in [4.78, 5) is 11.5. The lowest BCUT2D eigenvalue weighted by Gasteiger charge is -2.65. The van der Waals surface area contributed by atoms with Crippen molar-refractivity contribution in [3.05, 3.63) is 0 Å². The average molecular weight is 463 g/mol. The lowest BCUT2D eigenvalue weighted by molar-refractivity contribution is -0.266. The molecular formula is C29H50O4. The van der Waals surface area contributed by atoms with Gasteiger partial charge in [-0.3, -0.25) is 4.79 Å². The van der Waals surface area contributed by atoms with Gasteiger partial charge in [0.1, 0.15) is 6.10 Å². The third kappa shape index (κ3) is 4.20. The van der Waals surface area contributed by atoms with Gasteiger partial charge in [-0.25, -0.2) is 0 Å².